The molecule has 47 heavy (non-hydrogen) atoms. The lowest BCUT2D eigenvalue weighted by Crippen LogP contribution is -2.53. The molecule has 10 heteroatoms. The number of hydrazine groups is 1. The Balaban J connectivity index is 1.60. The van der Waals surface area contributed by atoms with E-state index in [1.807, 2.05) is 54.6 Å². The minimum atomic E-state index is -1.51. The first-order chi connectivity index (χ1) is 22.6. The highest BCUT2D eigenvalue weighted by molar-refractivity contribution is 6.01. The van der Waals surface area contributed by atoms with Crippen LogP contribution in [0.5, 0.6) is 11.5 Å². The smallest absolute Gasteiger partial charge is 0.306 e. The van der Waals surface area contributed by atoms with Crippen molar-refractivity contribution in [1.29, 1.82) is 0 Å². The van der Waals surface area contributed by atoms with E-state index in [4.69, 9.17) is 29.0 Å². The number of hydrogen-bond acceptors (Lipinski definition) is 9. The molecule has 0 aromatic heterocycles. The van der Waals surface area contributed by atoms with Gasteiger partial charge in [0.05, 0.1) is 13.7 Å². The van der Waals surface area contributed by atoms with E-state index in [9.17, 15) is 9.59 Å². The van der Waals surface area contributed by atoms with E-state index >= 15 is 0 Å². The van der Waals surface area contributed by atoms with Gasteiger partial charge in [0.25, 0.3) is 5.91 Å². The fourth-order valence-electron chi connectivity index (χ4n) is 5.30. The Bertz CT molecular complexity index is 1470. The van der Waals surface area contributed by atoms with E-state index in [2.05, 4.69) is 23.0 Å². The molecule has 1 aliphatic rings. The molecule has 10 nitrogen and oxygen atoms in total. The lowest BCUT2D eigenvalue weighted by atomic mass is 9.83. The van der Waals surface area contributed by atoms with Crippen molar-refractivity contribution in [3.63, 3.8) is 0 Å². The number of carbonyl (C=O) groups is 2. The molecule has 0 radical (unpaired) electrons. The molecule has 0 bridgehead atoms. The third-order valence-electron chi connectivity index (χ3n) is 7.62. The largest absolute Gasteiger partial charge is 0.497 e. The highest BCUT2D eigenvalue weighted by Gasteiger charge is 2.53. The molecule has 4 rings (SSSR count). The summed E-state index contributed by atoms with van der Waals surface area (Å²) in [5.41, 5.74) is 6.36. The number of aliphatic hydroxyl groups excluding tert-OH is 1. The quantitative estimate of drug-likeness (QED) is 0.100. The number of benzene rings is 3. The number of carbonyl (C=O) groups excluding carboxylic acids is 2. The molecule has 0 saturated heterocycles. The maximum absolute atomic E-state index is 14.3. The van der Waals surface area contributed by atoms with Gasteiger partial charge in [-0.1, -0.05) is 42.5 Å². The van der Waals surface area contributed by atoms with Crippen LogP contribution in [-0.2, 0) is 25.5 Å². The SMILES string of the molecule is COc1cccc([C@@H]2OC(c3ccc(OCCCO)cc3)=N[C@]2(CCC(=O)OC(C)(C)C)C(=O)NNCCCCc2ccccc2)c1. The molecule has 2 atom stereocenters. The summed E-state index contributed by atoms with van der Waals surface area (Å²) < 4.78 is 23.3. The number of aliphatic imine (C=N–C) groups is 1. The number of aliphatic hydroxyl groups is 1. The summed E-state index contributed by atoms with van der Waals surface area (Å²) in [5.74, 6) is 0.645. The summed E-state index contributed by atoms with van der Waals surface area (Å²) in [6, 6.07) is 24.8. The van der Waals surface area contributed by atoms with Crippen LogP contribution in [0.25, 0.3) is 0 Å². The van der Waals surface area contributed by atoms with E-state index in [0.29, 0.717) is 42.2 Å². The number of nitrogens with zero attached hydrogens (tertiary/aromatic N) is 1. The maximum Gasteiger partial charge on any atom is 0.306 e. The zero-order valence-corrected chi connectivity index (χ0v) is 27.8. The Morgan fingerprint density at radius 2 is 1.72 bits per heavy atom. The molecule has 0 saturated carbocycles. The van der Waals surface area contributed by atoms with E-state index in [1.165, 1.54) is 5.56 Å². The van der Waals surface area contributed by atoms with Gasteiger partial charge in [-0.05, 0) is 94.0 Å². The van der Waals surface area contributed by atoms with Crippen molar-refractivity contribution in [3.05, 3.63) is 95.6 Å². The number of ether oxygens (including phenoxy) is 4. The lowest BCUT2D eigenvalue weighted by Gasteiger charge is -2.31. The van der Waals surface area contributed by atoms with Crippen molar-refractivity contribution in [2.45, 2.75) is 76.5 Å². The monoisotopic (exact) mass is 645 g/mol. The van der Waals surface area contributed by atoms with Gasteiger partial charge >= 0.3 is 5.97 Å². The molecule has 1 amide bonds. The number of methoxy groups -OCH3 is 1. The standard InChI is InChI=1S/C37H47N3O7/c1-36(2,3)47-32(42)21-22-37(35(43)40-38-23-9-8-14-27-12-6-5-7-13-27)33(29-15-10-16-31(26-29)44-4)46-34(39-37)28-17-19-30(20-18-28)45-25-11-24-41/h5-7,10,12-13,15-20,26,33,38,41H,8-9,11,14,21-25H2,1-4H3,(H,40,43)/t33-,37-/m0/s1. The van der Waals surface area contributed by atoms with Crippen LogP contribution >= 0.6 is 0 Å². The van der Waals surface area contributed by atoms with Gasteiger partial charge in [0.1, 0.15) is 17.1 Å². The Morgan fingerprint density at radius 3 is 2.43 bits per heavy atom. The van der Waals surface area contributed by atoms with Crippen molar-refractivity contribution in [1.82, 2.24) is 10.9 Å². The van der Waals surface area contributed by atoms with Crippen LogP contribution in [-0.4, -0.2) is 60.9 Å². The topological polar surface area (TPSA) is 128 Å². The molecule has 0 spiro atoms. The van der Waals surface area contributed by atoms with Crippen molar-refractivity contribution < 1.29 is 33.6 Å². The minimum Gasteiger partial charge on any atom is -0.497 e. The van der Waals surface area contributed by atoms with Gasteiger partial charge < -0.3 is 24.1 Å². The second kappa shape index (κ2) is 16.9. The van der Waals surface area contributed by atoms with E-state index in [1.54, 1.807) is 40.0 Å². The number of unbranched alkanes of at least 4 members (excludes halogenated alkanes) is 1. The lowest BCUT2D eigenvalue weighted by molar-refractivity contribution is -0.155. The zero-order chi connectivity index (χ0) is 33.7. The summed E-state index contributed by atoms with van der Waals surface area (Å²) >= 11 is 0. The van der Waals surface area contributed by atoms with Crippen LogP contribution in [0.4, 0.5) is 0 Å². The van der Waals surface area contributed by atoms with Gasteiger partial charge in [-0.3, -0.25) is 15.0 Å². The first-order valence-corrected chi connectivity index (χ1v) is 16.2. The third kappa shape index (κ3) is 10.3. The predicted molar refractivity (Wildman–Crippen MR) is 180 cm³/mol. The van der Waals surface area contributed by atoms with Crippen LogP contribution in [0.15, 0.2) is 83.9 Å². The summed E-state index contributed by atoms with van der Waals surface area (Å²) in [6.07, 6.45) is 2.38. The van der Waals surface area contributed by atoms with Gasteiger partial charge in [0.15, 0.2) is 11.6 Å². The van der Waals surface area contributed by atoms with Crippen molar-refractivity contribution in [2.75, 3.05) is 26.9 Å². The van der Waals surface area contributed by atoms with Crippen molar-refractivity contribution in [2.24, 2.45) is 4.99 Å². The van der Waals surface area contributed by atoms with Gasteiger partial charge in [-0.2, -0.15) is 0 Å². The Morgan fingerprint density at radius 1 is 0.957 bits per heavy atom. The fourth-order valence-corrected chi connectivity index (χ4v) is 5.30. The summed E-state index contributed by atoms with van der Waals surface area (Å²) in [4.78, 5) is 32.2. The second-order valence-corrected chi connectivity index (χ2v) is 12.5. The van der Waals surface area contributed by atoms with Crippen LogP contribution in [0.1, 0.15) is 75.7 Å². The summed E-state index contributed by atoms with van der Waals surface area (Å²) in [6.45, 7) is 6.41. The molecule has 0 aliphatic carbocycles. The van der Waals surface area contributed by atoms with Crippen LogP contribution in [0.3, 0.4) is 0 Å². The van der Waals surface area contributed by atoms with E-state index < -0.39 is 29.1 Å². The first-order valence-electron chi connectivity index (χ1n) is 16.2. The maximum atomic E-state index is 14.3. The van der Waals surface area contributed by atoms with Gasteiger partial charge in [-0.15, -0.1) is 0 Å². The first kappa shape index (κ1) is 35.4. The zero-order valence-electron chi connectivity index (χ0n) is 27.8. The fraction of sp³-hybridized carbons (Fsp3) is 0.432. The number of rotatable bonds is 17. The number of aryl methyl sites for hydroxylation is 1. The predicted octanol–water partition coefficient (Wildman–Crippen LogP) is 5.48. The normalized spacial score (nSPS) is 17.4. The average Bonchev–Trinajstić information content (AvgIpc) is 3.46. The molecule has 3 aromatic rings. The summed E-state index contributed by atoms with van der Waals surface area (Å²) in [7, 11) is 1.57. The Kier molecular flexibility index (Phi) is 12.8. The molecule has 3 N–H and O–H groups in total. The summed E-state index contributed by atoms with van der Waals surface area (Å²) in [5, 5.41) is 9.06. The van der Waals surface area contributed by atoms with Gasteiger partial charge in [0.2, 0.25) is 5.90 Å². The number of amides is 1. The highest BCUT2D eigenvalue weighted by Crippen LogP contribution is 2.44. The average molecular weight is 646 g/mol. The van der Waals surface area contributed by atoms with Crippen LogP contribution < -0.4 is 20.3 Å². The molecule has 0 fully saturated rings. The minimum absolute atomic E-state index is 0.0389. The third-order valence-corrected chi connectivity index (χ3v) is 7.62. The number of hydrogen-bond donors (Lipinski definition) is 3. The molecular formula is C37H47N3O7. The van der Waals surface area contributed by atoms with Crippen molar-refractivity contribution >= 4 is 17.8 Å². The molecule has 1 heterocycles. The second-order valence-electron chi connectivity index (χ2n) is 12.5. The highest BCUT2D eigenvalue weighted by atomic mass is 16.6. The van der Waals surface area contributed by atoms with Gasteiger partial charge in [-0.25, -0.2) is 10.4 Å². The molecule has 0 unspecified atom stereocenters. The number of esters is 1. The van der Waals surface area contributed by atoms with E-state index in [-0.39, 0.29) is 25.3 Å². The number of nitrogens with one attached hydrogen (secondary N) is 2. The van der Waals surface area contributed by atoms with Gasteiger partial charge in [0, 0.05) is 31.6 Å². The van der Waals surface area contributed by atoms with E-state index in [0.717, 1.165) is 19.3 Å². The molecule has 1 aliphatic heterocycles. The van der Waals surface area contributed by atoms with Crippen LogP contribution in [0.2, 0.25) is 0 Å². The van der Waals surface area contributed by atoms with Crippen LogP contribution in [0, 0.1) is 0 Å². The molecule has 252 valence electrons. The molecular weight excluding hydrogens is 598 g/mol. The Labute approximate surface area is 277 Å². The molecule has 3 aromatic carbocycles. The van der Waals surface area contributed by atoms with Crippen molar-refractivity contribution in [3.8, 4) is 11.5 Å². The Hall–Kier alpha value is -4.41.